The minimum atomic E-state index is -0.250. The number of ether oxygens (including phenoxy) is 1. The summed E-state index contributed by atoms with van der Waals surface area (Å²) >= 11 is 0. The standard InChI is InChI=1S/C16H23N5O2/c1-4-8-23-14-7-5-6-13(9-14)10-17-16(22)19-12(2)15-20-18-11-21(15)3/h5-7,9,11-12H,4,8,10H2,1-3H3,(H2,17,19,22)/t12-/m0/s1. The Balaban J connectivity index is 1.83. The number of hydrogen-bond donors (Lipinski definition) is 2. The first kappa shape index (κ1) is 16.8. The number of hydrogen-bond acceptors (Lipinski definition) is 4. The van der Waals surface area contributed by atoms with Gasteiger partial charge in [0.2, 0.25) is 0 Å². The van der Waals surface area contributed by atoms with Crippen LogP contribution in [0.3, 0.4) is 0 Å². The van der Waals surface area contributed by atoms with E-state index in [1.54, 1.807) is 10.9 Å². The van der Waals surface area contributed by atoms with Crippen LogP contribution in [0.5, 0.6) is 5.75 Å². The summed E-state index contributed by atoms with van der Waals surface area (Å²) in [6.07, 6.45) is 2.57. The summed E-state index contributed by atoms with van der Waals surface area (Å²) < 4.78 is 7.36. The molecular formula is C16H23N5O2. The van der Waals surface area contributed by atoms with E-state index in [1.165, 1.54) is 0 Å². The molecule has 2 N–H and O–H groups in total. The molecule has 2 amide bonds. The monoisotopic (exact) mass is 317 g/mol. The van der Waals surface area contributed by atoms with Crippen molar-refractivity contribution >= 4 is 6.03 Å². The smallest absolute Gasteiger partial charge is 0.315 e. The van der Waals surface area contributed by atoms with Crippen LogP contribution in [-0.4, -0.2) is 27.4 Å². The van der Waals surface area contributed by atoms with Crippen molar-refractivity contribution in [1.29, 1.82) is 0 Å². The Morgan fingerprint density at radius 3 is 2.96 bits per heavy atom. The summed E-state index contributed by atoms with van der Waals surface area (Å²) in [5, 5.41) is 13.5. The summed E-state index contributed by atoms with van der Waals surface area (Å²) in [5.41, 5.74) is 0.986. The van der Waals surface area contributed by atoms with Gasteiger partial charge in [0.25, 0.3) is 0 Å². The summed E-state index contributed by atoms with van der Waals surface area (Å²) in [5.74, 6) is 1.52. The fraction of sp³-hybridized carbons (Fsp3) is 0.438. The van der Waals surface area contributed by atoms with E-state index in [2.05, 4.69) is 27.8 Å². The number of rotatable bonds is 7. The molecule has 0 fully saturated rings. The maximum atomic E-state index is 12.0. The molecule has 23 heavy (non-hydrogen) atoms. The van der Waals surface area contributed by atoms with Crippen molar-refractivity contribution in [2.75, 3.05) is 6.61 Å². The summed E-state index contributed by atoms with van der Waals surface area (Å²) in [6, 6.07) is 7.24. The second kappa shape index (κ2) is 8.17. The SMILES string of the molecule is CCCOc1cccc(CNC(=O)N[C@@H](C)c2nncn2C)c1. The molecule has 7 heteroatoms. The van der Waals surface area contributed by atoms with Crippen molar-refractivity contribution < 1.29 is 9.53 Å². The van der Waals surface area contributed by atoms with E-state index in [0.717, 1.165) is 17.7 Å². The molecular weight excluding hydrogens is 294 g/mol. The average Bonchev–Trinajstić information content (AvgIpc) is 2.97. The molecule has 1 aromatic carbocycles. The number of benzene rings is 1. The van der Waals surface area contributed by atoms with Crippen LogP contribution in [0, 0.1) is 0 Å². The zero-order valence-corrected chi connectivity index (χ0v) is 13.7. The third kappa shape index (κ3) is 4.98. The number of aromatic nitrogens is 3. The molecule has 0 spiro atoms. The van der Waals surface area contributed by atoms with Gasteiger partial charge in [-0.2, -0.15) is 0 Å². The van der Waals surface area contributed by atoms with Crippen LogP contribution in [0.4, 0.5) is 4.79 Å². The third-order valence-electron chi connectivity index (χ3n) is 3.31. The number of carbonyl (C=O) groups excluding carboxylic acids is 1. The van der Waals surface area contributed by atoms with Crippen LogP contribution in [0.1, 0.15) is 37.7 Å². The number of carbonyl (C=O) groups is 1. The Labute approximate surface area is 136 Å². The second-order valence-corrected chi connectivity index (χ2v) is 5.34. The largest absolute Gasteiger partial charge is 0.494 e. The van der Waals surface area contributed by atoms with Crippen LogP contribution in [0.25, 0.3) is 0 Å². The maximum Gasteiger partial charge on any atom is 0.315 e. The molecule has 0 aliphatic rings. The predicted molar refractivity (Wildman–Crippen MR) is 87.0 cm³/mol. The highest BCUT2D eigenvalue weighted by molar-refractivity contribution is 5.74. The number of amides is 2. The van der Waals surface area contributed by atoms with E-state index in [1.807, 2.05) is 38.2 Å². The van der Waals surface area contributed by atoms with Crippen LogP contribution in [0.15, 0.2) is 30.6 Å². The Hall–Kier alpha value is -2.57. The topological polar surface area (TPSA) is 81.1 Å². The van der Waals surface area contributed by atoms with Gasteiger partial charge in [-0.25, -0.2) is 4.79 Å². The van der Waals surface area contributed by atoms with Gasteiger partial charge in [-0.3, -0.25) is 0 Å². The van der Waals surface area contributed by atoms with Crippen molar-refractivity contribution in [1.82, 2.24) is 25.4 Å². The van der Waals surface area contributed by atoms with Gasteiger partial charge in [-0.05, 0) is 31.0 Å². The first-order valence-corrected chi connectivity index (χ1v) is 7.70. The van der Waals surface area contributed by atoms with E-state index < -0.39 is 0 Å². The van der Waals surface area contributed by atoms with Gasteiger partial charge in [0, 0.05) is 13.6 Å². The quantitative estimate of drug-likeness (QED) is 0.820. The molecule has 0 saturated heterocycles. The number of urea groups is 1. The molecule has 0 unspecified atom stereocenters. The molecule has 2 aromatic rings. The fourth-order valence-electron chi connectivity index (χ4n) is 2.14. The molecule has 1 heterocycles. The molecule has 1 atom stereocenters. The molecule has 7 nitrogen and oxygen atoms in total. The lowest BCUT2D eigenvalue weighted by Crippen LogP contribution is -2.37. The van der Waals surface area contributed by atoms with Crippen LogP contribution in [-0.2, 0) is 13.6 Å². The predicted octanol–water partition coefficient (Wildman–Crippen LogP) is 2.16. The second-order valence-electron chi connectivity index (χ2n) is 5.34. The van der Waals surface area contributed by atoms with Gasteiger partial charge in [-0.15, -0.1) is 10.2 Å². The first-order valence-electron chi connectivity index (χ1n) is 7.70. The summed E-state index contributed by atoms with van der Waals surface area (Å²) in [6.45, 7) is 5.05. The zero-order chi connectivity index (χ0) is 16.7. The highest BCUT2D eigenvalue weighted by atomic mass is 16.5. The zero-order valence-electron chi connectivity index (χ0n) is 13.7. The van der Waals surface area contributed by atoms with Crippen LogP contribution >= 0.6 is 0 Å². The van der Waals surface area contributed by atoms with Crippen molar-refractivity contribution in [2.45, 2.75) is 32.9 Å². The van der Waals surface area contributed by atoms with Gasteiger partial charge in [0.05, 0.1) is 12.6 Å². The van der Waals surface area contributed by atoms with Gasteiger partial charge < -0.3 is 19.9 Å². The lowest BCUT2D eigenvalue weighted by atomic mass is 10.2. The summed E-state index contributed by atoms with van der Waals surface area (Å²) in [4.78, 5) is 12.0. The molecule has 0 radical (unpaired) electrons. The number of aryl methyl sites for hydroxylation is 1. The first-order chi connectivity index (χ1) is 11.1. The lowest BCUT2D eigenvalue weighted by Gasteiger charge is -2.14. The minimum Gasteiger partial charge on any atom is -0.494 e. The molecule has 0 aliphatic carbocycles. The van der Waals surface area contributed by atoms with E-state index in [4.69, 9.17) is 4.74 Å². The molecule has 0 bridgehead atoms. The van der Waals surface area contributed by atoms with Crippen molar-refractivity contribution in [3.63, 3.8) is 0 Å². The molecule has 0 aliphatic heterocycles. The molecule has 0 saturated carbocycles. The normalized spacial score (nSPS) is 11.8. The third-order valence-corrected chi connectivity index (χ3v) is 3.31. The van der Waals surface area contributed by atoms with Crippen molar-refractivity contribution in [3.05, 3.63) is 42.0 Å². The highest BCUT2D eigenvalue weighted by Crippen LogP contribution is 2.13. The van der Waals surface area contributed by atoms with Crippen LogP contribution in [0.2, 0.25) is 0 Å². The van der Waals surface area contributed by atoms with Crippen LogP contribution < -0.4 is 15.4 Å². The summed E-state index contributed by atoms with van der Waals surface area (Å²) in [7, 11) is 1.84. The molecule has 2 rings (SSSR count). The molecule has 124 valence electrons. The molecule has 1 aromatic heterocycles. The Morgan fingerprint density at radius 1 is 1.43 bits per heavy atom. The van der Waals surface area contributed by atoms with Gasteiger partial charge >= 0.3 is 6.03 Å². The highest BCUT2D eigenvalue weighted by Gasteiger charge is 2.13. The fourth-order valence-corrected chi connectivity index (χ4v) is 2.14. The number of nitrogens with one attached hydrogen (secondary N) is 2. The maximum absolute atomic E-state index is 12.0. The number of nitrogens with zero attached hydrogens (tertiary/aromatic N) is 3. The Bertz CT molecular complexity index is 641. The van der Waals surface area contributed by atoms with Gasteiger partial charge in [0.15, 0.2) is 5.82 Å². The van der Waals surface area contributed by atoms with E-state index in [-0.39, 0.29) is 12.1 Å². The van der Waals surface area contributed by atoms with Gasteiger partial charge in [-0.1, -0.05) is 19.1 Å². The Morgan fingerprint density at radius 2 is 2.26 bits per heavy atom. The minimum absolute atomic E-state index is 0.221. The van der Waals surface area contributed by atoms with Gasteiger partial charge in [0.1, 0.15) is 12.1 Å². The van der Waals surface area contributed by atoms with E-state index in [9.17, 15) is 4.79 Å². The average molecular weight is 317 g/mol. The Kier molecular flexibility index (Phi) is 5.96. The lowest BCUT2D eigenvalue weighted by molar-refractivity contribution is 0.237. The van der Waals surface area contributed by atoms with Crippen molar-refractivity contribution in [2.24, 2.45) is 7.05 Å². The van der Waals surface area contributed by atoms with E-state index >= 15 is 0 Å². The van der Waals surface area contributed by atoms with E-state index in [0.29, 0.717) is 19.0 Å². The van der Waals surface area contributed by atoms with Crippen molar-refractivity contribution in [3.8, 4) is 5.75 Å².